The summed E-state index contributed by atoms with van der Waals surface area (Å²) in [6, 6.07) is 5.16. The maximum absolute atomic E-state index is 12.7. The first kappa shape index (κ1) is 19.5. The van der Waals surface area contributed by atoms with Crippen LogP contribution in [0.2, 0.25) is 0 Å². The highest BCUT2D eigenvalue weighted by atomic mass is 16.6. The third-order valence-electron chi connectivity index (χ3n) is 5.78. The molecule has 3 rings (SSSR count). The number of phenolic OH excluding ortho intramolecular Hbond substituents is 1. The van der Waals surface area contributed by atoms with E-state index in [4.69, 9.17) is 4.74 Å². The van der Waals surface area contributed by atoms with Crippen molar-refractivity contribution in [2.75, 3.05) is 11.9 Å². The number of aryl methyl sites for hydroxylation is 1. The van der Waals surface area contributed by atoms with Gasteiger partial charge >= 0.3 is 6.09 Å². The van der Waals surface area contributed by atoms with Gasteiger partial charge in [-0.25, -0.2) is 4.79 Å². The first-order valence-electron chi connectivity index (χ1n) is 9.71. The quantitative estimate of drug-likeness (QED) is 0.777. The highest BCUT2D eigenvalue weighted by molar-refractivity contribution is 5.93. The van der Waals surface area contributed by atoms with Crippen LogP contribution in [-0.4, -0.2) is 39.7 Å². The largest absolute Gasteiger partial charge is 0.506 e. The summed E-state index contributed by atoms with van der Waals surface area (Å²) in [5, 5.41) is 12.8. The molecule has 1 unspecified atom stereocenters. The summed E-state index contributed by atoms with van der Waals surface area (Å²) in [5.74, 6) is 0.0651. The molecule has 2 fully saturated rings. The van der Waals surface area contributed by atoms with Crippen LogP contribution in [-0.2, 0) is 9.53 Å². The van der Waals surface area contributed by atoms with Crippen LogP contribution in [0.15, 0.2) is 18.2 Å². The van der Waals surface area contributed by atoms with E-state index in [-0.39, 0.29) is 29.2 Å². The summed E-state index contributed by atoms with van der Waals surface area (Å²) < 4.78 is 5.59. The normalized spacial score (nSPS) is 21.0. The molecule has 148 valence electrons. The number of para-hydroxylation sites is 1. The highest BCUT2D eigenvalue weighted by Crippen LogP contribution is 2.51. The van der Waals surface area contributed by atoms with E-state index in [0.29, 0.717) is 18.7 Å². The van der Waals surface area contributed by atoms with Crippen molar-refractivity contribution in [2.45, 2.75) is 70.9 Å². The van der Waals surface area contributed by atoms with E-state index < -0.39 is 5.60 Å². The Morgan fingerprint density at radius 1 is 1.33 bits per heavy atom. The highest BCUT2D eigenvalue weighted by Gasteiger charge is 2.55. The molecule has 1 aliphatic carbocycles. The Balaban J connectivity index is 1.69. The van der Waals surface area contributed by atoms with E-state index >= 15 is 0 Å². The molecule has 1 spiro atoms. The fraction of sp³-hybridized carbons (Fsp3) is 0.619. The first-order valence-corrected chi connectivity index (χ1v) is 9.71. The van der Waals surface area contributed by atoms with E-state index in [1.807, 2.05) is 38.7 Å². The number of hydrogen-bond acceptors (Lipinski definition) is 4. The number of amides is 2. The molecule has 2 amide bonds. The third-order valence-corrected chi connectivity index (χ3v) is 5.78. The molecule has 6 nitrogen and oxygen atoms in total. The van der Waals surface area contributed by atoms with Gasteiger partial charge in [0.05, 0.1) is 5.69 Å². The fourth-order valence-electron chi connectivity index (χ4n) is 4.33. The van der Waals surface area contributed by atoms with Crippen molar-refractivity contribution in [1.82, 2.24) is 4.90 Å². The van der Waals surface area contributed by atoms with Crippen LogP contribution in [0.3, 0.4) is 0 Å². The van der Waals surface area contributed by atoms with Gasteiger partial charge in [0.25, 0.3) is 0 Å². The molecule has 2 aliphatic rings. The van der Waals surface area contributed by atoms with Gasteiger partial charge in [0.15, 0.2) is 0 Å². The van der Waals surface area contributed by atoms with Gasteiger partial charge in [0, 0.05) is 18.5 Å². The molecule has 1 saturated carbocycles. The first-order chi connectivity index (χ1) is 12.6. The van der Waals surface area contributed by atoms with Gasteiger partial charge in [-0.1, -0.05) is 12.1 Å². The SMILES string of the molecule is Cc1cccc(O)c1NC(=O)CC1CCN(C(=O)OC(C)(C)C)C12CCC2. The number of nitrogens with zero attached hydrogens (tertiary/aromatic N) is 1. The molecule has 1 aliphatic heterocycles. The predicted octanol–water partition coefficient (Wildman–Crippen LogP) is 4.21. The Labute approximate surface area is 160 Å². The second-order valence-corrected chi connectivity index (χ2v) is 8.80. The summed E-state index contributed by atoms with van der Waals surface area (Å²) >= 11 is 0. The van der Waals surface area contributed by atoms with E-state index in [0.717, 1.165) is 31.2 Å². The van der Waals surface area contributed by atoms with Crippen LogP contribution < -0.4 is 5.32 Å². The minimum absolute atomic E-state index is 0.0727. The number of ether oxygens (including phenoxy) is 1. The molecule has 1 aromatic rings. The lowest BCUT2D eigenvalue weighted by Gasteiger charge is -2.49. The van der Waals surface area contributed by atoms with Gasteiger partial charge < -0.3 is 20.1 Å². The zero-order valence-corrected chi connectivity index (χ0v) is 16.7. The molecular formula is C21H30N2O4. The number of rotatable bonds is 3. The summed E-state index contributed by atoms with van der Waals surface area (Å²) in [7, 11) is 0. The van der Waals surface area contributed by atoms with Gasteiger partial charge in [-0.2, -0.15) is 0 Å². The summed E-state index contributed by atoms with van der Waals surface area (Å²) in [6.45, 7) is 8.08. The fourth-order valence-corrected chi connectivity index (χ4v) is 4.33. The Hall–Kier alpha value is -2.24. The van der Waals surface area contributed by atoms with Crippen LogP contribution in [0.5, 0.6) is 5.75 Å². The molecule has 1 aromatic carbocycles. The minimum atomic E-state index is -0.528. The zero-order valence-electron chi connectivity index (χ0n) is 16.7. The molecule has 2 N–H and O–H groups in total. The average Bonchev–Trinajstić information content (AvgIpc) is 2.88. The van der Waals surface area contributed by atoms with Gasteiger partial charge in [0.1, 0.15) is 11.4 Å². The number of likely N-dealkylation sites (tertiary alicyclic amines) is 1. The zero-order chi connectivity index (χ0) is 19.8. The number of phenols is 1. The Kier molecular flexibility index (Phi) is 5.10. The number of aromatic hydroxyl groups is 1. The van der Waals surface area contributed by atoms with Crippen molar-refractivity contribution in [2.24, 2.45) is 5.92 Å². The van der Waals surface area contributed by atoms with Crippen LogP contribution in [0.4, 0.5) is 10.5 Å². The number of carbonyl (C=O) groups is 2. The van der Waals surface area contributed by atoms with Gasteiger partial charge in [0.2, 0.25) is 5.91 Å². The smallest absolute Gasteiger partial charge is 0.410 e. The minimum Gasteiger partial charge on any atom is -0.506 e. The number of benzene rings is 1. The molecule has 0 radical (unpaired) electrons. The van der Waals surface area contributed by atoms with Crippen LogP contribution >= 0.6 is 0 Å². The number of anilines is 1. The summed E-state index contributed by atoms with van der Waals surface area (Å²) in [5.41, 5.74) is 0.503. The van der Waals surface area contributed by atoms with E-state index in [9.17, 15) is 14.7 Å². The number of hydrogen-bond donors (Lipinski definition) is 2. The van der Waals surface area contributed by atoms with E-state index in [1.165, 1.54) is 0 Å². The van der Waals surface area contributed by atoms with Crippen molar-refractivity contribution in [1.29, 1.82) is 0 Å². The second kappa shape index (κ2) is 7.06. The van der Waals surface area contributed by atoms with Crippen molar-refractivity contribution >= 4 is 17.7 Å². The maximum Gasteiger partial charge on any atom is 0.410 e. The van der Waals surface area contributed by atoms with Gasteiger partial charge in [-0.15, -0.1) is 0 Å². The molecule has 6 heteroatoms. The van der Waals surface area contributed by atoms with Crippen molar-refractivity contribution in [3.8, 4) is 5.75 Å². The Morgan fingerprint density at radius 2 is 2.04 bits per heavy atom. The molecule has 0 aromatic heterocycles. The molecule has 1 atom stereocenters. The second-order valence-electron chi connectivity index (χ2n) is 8.80. The summed E-state index contributed by atoms with van der Waals surface area (Å²) in [6.07, 6.45) is 3.76. The standard InChI is InChI=1S/C21H30N2O4/c1-14-7-5-8-16(24)18(14)22-17(25)13-15-9-12-23(21(15)10-6-11-21)19(26)27-20(2,3)4/h5,7-8,15,24H,6,9-13H2,1-4H3,(H,22,25). The molecule has 27 heavy (non-hydrogen) atoms. The topological polar surface area (TPSA) is 78.9 Å². The molecule has 0 bridgehead atoms. The van der Waals surface area contributed by atoms with Crippen LogP contribution in [0.25, 0.3) is 0 Å². The Bertz CT molecular complexity index is 714. The molecule has 1 saturated heterocycles. The van der Waals surface area contributed by atoms with Crippen molar-refractivity contribution in [3.63, 3.8) is 0 Å². The lowest BCUT2D eigenvalue weighted by Crippen LogP contribution is -2.56. The molecule has 1 heterocycles. The monoisotopic (exact) mass is 374 g/mol. The maximum atomic E-state index is 12.7. The van der Waals surface area contributed by atoms with E-state index in [1.54, 1.807) is 12.1 Å². The molecular weight excluding hydrogens is 344 g/mol. The average molecular weight is 374 g/mol. The number of carbonyl (C=O) groups excluding carboxylic acids is 2. The van der Waals surface area contributed by atoms with Crippen molar-refractivity contribution < 1.29 is 19.4 Å². The Morgan fingerprint density at radius 3 is 2.59 bits per heavy atom. The van der Waals surface area contributed by atoms with E-state index in [2.05, 4.69) is 5.32 Å². The van der Waals surface area contributed by atoms with Crippen LogP contribution in [0, 0.1) is 12.8 Å². The predicted molar refractivity (Wildman–Crippen MR) is 104 cm³/mol. The van der Waals surface area contributed by atoms with Crippen molar-refractivity contribution in [3.05, 3.63) is 23.8 Å². The lowest BCUT2D eigenvalue weighted by molar-refractivity contribution is -0.118. The third kappa shape index (κ3) is 3.89. The lowest BCUT2D eigenvalue weighted by atomic mass is 9.67. The van der Waals surface area contributed by atoms with Crippen LogP contribution in [0.1, 0.15) is 58.4 Å². The van der Waals surface area contributed by atoms with Gasteiger partial charge in [-0.3, -0.25) is 4.79 Å². The van der Waals surface area contributed by atoms with Gasteiger partial charge in [-0.05, 0) is 70.9 Å². The summed E-state index contributed by atoms with van der Waals surface area (Å²) in [4.78, 5) is 27.2. The number of nitrogens with one attached hydrogen (secondary N) is 1.